The Morgan fingerprint density at radius 2 is 2.03 bits per heavy atom. The lowest BCUT2D eigenvalue weighted by Gasteiger charge is -2.17. The first-order valence-corrected chi connectivity index (χ1v) is 9.33. The minimum absolute atomic E-state index is 0.149. The molecule has 4 aromatic rings. The lowest BCUT2D eigenvalue weighted by molar-refractivity contribution is 0.00973. The maximum atomic E-state index is 13.4. The summed E-state index contributed by atoms with van der Waals surface area (Å²) in [6.07, 6.45) is 1.56. The van der Waals surface area contributed by atoms with Gasteiger partial charge in [-0.15, -0.1) is 0 Å². The molecule has 0 N–H and O–H groups in total. The van der Waals surface area contributed by atoms with Gasteiger partial charge in [0.15, 0.2) is 5.69 Å². The lowest BCUT2D eigenvalue weighted by Crippen LogP contribution is -2.25. The van der Waals surface area contributed by atoms with Crippen molar-refractivity contribution in [3.05, 3.63) is 45.7 Å². The fourth-order valence-corrected chi connectivity index (χ4v) is 3.27. The van der Waals surface area contributed by atoms with Crippen molar-refractivity contribution in [1.82, 2.24) is 24.1 Å². The van der Waals surface area contributed by atoms with Crippen LogP contribution in [-0.4, -0.2) is 44.9 Å². The number of nitrogens with zero attached hydrogens (tertiary/aromatic N) is 5. The van der Waals surface area contributed by atoms with E-state index >= 15 is 0 Å². The number of ether oxygens (including phenoxy) is 2. The first-order chi connectivity index (χ1) is 13.9. The maximum Gasteiger partial charge on any atom is 0.279 e. The molecule has 3 heterocycles. The van der Waals surface area contributed by atoms with E-state index in [0.29, 0.717) is 40.7 Å². The Kier molecular flexibility index (Phi) is 4.89. The molecule has 0 spiro atoms. The number of imidazole rings is 1. The zero-order valence-corrected chi connectivity index (χ0v) is 17.2. The summed E-state index contributed by atoms with van der Waals surface area (Å²) >= 11 is 6.17. The Balaban J connectivity index is 1.99. The van der Waals surface area contributed by atoms with Crippen LogP contribution in [0.25, 0.3) is 28.1 Å². The van der Waals surface area contributed by atoms with Gasteiger partial charge >= 0.3 is 0 Å². The molecule has 0 aliphatic heterocycles. The van der Waals surface area contributed by atoms with Gasteiger partial charge < -0.3 is 18.6 Å². The Morgan fingerprint density at radius 1 is 1.24 bits per heavy atom. The molecule has 0 aliphatic carbocycles. The molecule has 0 radical (unpaired) electrons. The fraction of sp³-hybridized carbons (Fsp3) is 0.368. The summed E-state index contributed by atoms with van der Waals surface area (Å²) < 4.78 is 19.3. The van der Waals surface area contributed by atoms with Crippen molar-refractivity contribution >= 4 is 28.2 Å². The molecule has 3 aromatic heterocycles. The van der Waals surface area contributed by atoms with Gasteiger partial charge in [-0.05, 0) is 32.0 Å². The van der Waals surface area contributed by atoms with E-state index in [1.165, 1.54) is 0 Å². The highest BCUT2D eigenvalue weighted by molar-refractivity contribution is 6.31. The van der Waals surface area contributed by atoms with Crippen LogP contribution in [0.4, 0.5) is 0 Å². The summed E-state index contributed by atoms with van der Waals surface area (Å²) in [5.41, 5.74) is 1.11. The van der Waals surface area contributed by atoms with Gasteiger partial charge in [-0.25, -0.2) is 4.98 Å². The highest BCUT2D eigenvalue weighted by Gasteiger charge is 2.28. The first-order valence-electron chi connectivity index (χ1n) is 8.95. The second kappa shape index (κ2) is 7.25. The third kappa shape index (κ3) is 3.21. The quantitative estimate of drug-likeness (QED) is 0.475. The van der Waals surface area contributed by atoms with Crippen LogP contribution in [0.2, 0.25) is 5.02 Å². The average molecular weight is 418 g/mol. The summed E-state index contributed by atoms with van der Waals surface area (Å²) in [6, 6.07) is 5.35. The van der Waals surface area contributed by atoms with Crippen molar-refractivity contribution in [3.63, 3.8) is 0 Å². The standard InChI is InChI=1S/C19H20ClN5O4/c1-19(2,28-4)18-22-16(29-23-18)14-15-17(26)24(7-8-27-3)13-9-11(20)5-6-12(13)25(15)10-21-14/h5-6,9-10H,7-8H2,1-4H3. The number of methoxy groups -OCH3 is 2. The number of benzene rings is 1. The van der Waals surface area contributed by atoms with E-state index in [1.807, 2.05) is 19.9 Å². The monoisotopic (exact) mass is 417 g/mol. The molecular weight excluding hydrogens is 398 g/mol. The zero-order chi connectivity index (χ0) is 20.8. The molecule has 0 unspecified atom stereocenters. The van der Waals surface area contributed by atoms with Crippen molar-refractivity contribution in [2.24, 2.45) is 0 Å². The van der Waals surface area contributed by atoms with Crippen molar-refractivity contribution in [2.45, 2.75) is 26.0 Å². The van der Waals surface area contributed by atoms with E-state index < -0.39 is 5.60 Å². The highest BCUT2D eigenvalue weighted by Crippen LogP contribution is 2.27. The molecule has 4 rings (SSSR count). The Morgan fingerprint density at radius 3 is 2.76 bits per heavy atom. The Bertz CT molecular complexity index is 1260. The molecule has 1 aromatic carbocycles. The number of halogens is 1. The number of fused-ring (bicyclic) bond motifs is 3. The molecule has 0 saturated heterocycles. The van der Waals surface area contributed by atoms with Crippen LogP contribution in [0.1, 0.15) is 19.7 Å². The van der Waals surface area contributed by atoms with Gasteiger partial charge in [0.25, 0.3) is 11.4 Å². The molecule has 0 fully saturated rings. The van der Waals surface area contributed by atoms with Gasteiger partial charge in [-0.3, -0.25) is 9.20 Å². The van der Waals surface area contributed by atoms with E-state index in [0.717, 1.165) is 5.52 Å². The zero-order valence-electron chi connectivity index (χ0n) is 16.5. The second-order valence-corrected chi connectivity index (χ2v) is 7.47. The minimum atomic E-state index is -0.737. The number of hydrogen-bond donors (Lipinski definition) is 0. The van der Waals surface area contributed by atoms with Gasteiger partial charge in [0.05, 0.1) is 17.6 Å². The van der Waals surface area contributed by atoms with E-state index in [2.05, 4.69) is 15.1 Å². The minimum Gasteiger partial charge on any atom is -0.383 e. The summed E-state index contributed by atoms with van der Waals surface area (Å²) in [4.78, 5) is 22.2. The van der Waals surface area contributed by atoms with Crippen molar-refractivity contribution in [2.75, 3.05) is 20.8 Å². The lowest BCUT2D eigenvalue weighted by atomic mass is 10.1. The molecule has 0 saturated carbocycles. The molecule has 0 amide bonds. The van der Waals surface area contributed by atoms with Crippen LogP contribution in [0, 0.1) is 0 Å². The maximum absolute atomic E-state index is 13.4. The number of aromatic nitrogens is 5. The predicted molar refractivity (Wildman–Crippen MR) is 107 cm³/mol. The second-order valence-electron chi connectivity index (χ2n) is 7.03. The molecule has 9 nitrogen and oxygen atoms in total. The summed E-state index contributed by atoms with van der Waals surface area (Å²) in [5.74, 6) is 0.514. The van der Waals surface area contributed by atoms with Crippen LogP contribution in [0.5, 0.6) is 0 Å². The van der Waals surface area contributed by atoms with Crippen molar-refractivity contribution in [3.8, 4) is 11.6 Å². The van der Waals surface area contributed by atoms with Crippen LogP contribution >= 0.6 is 11.6 Å². The Labute approximate surface area is 170 Å². The molecule has 10 heteroatoms. The molecule has 0 atom stereocenters. The van der Waals surface area contributed by atoms with Crippen LogP contribution in [-0.2, 0) is 21.6 Å². The van der Waals surface area contributed by atoms with Crippen molar-refractivity contribution in [1.29, 1.82) is 0 Å². The van der Waals surface area contributed by atoms with Crippen molar-refractivity contribution < 1.29 is 14.0 Å². The largest absolute Gasteiger partial charge is 0.383 e. The average Bonchev–Trinajstić information content (AvgIpc) is 3.35. The number of rotatable bonds is 6. The number of hydrogen-bond acceptors (Lipinski definition) is 7. The predicted octanol–water partition coefficient (Wildman–Crippen LogP) is 2.88. The third-order valence-electron chi connectivity index (χ3n) is 4.90. The molecule has 29 heavy (non-hydrogen) atoms. The smallest absolute Gasteiger partial charge is 0.279 e. The van der Waals surface area contributed by atoms with Crippen LogP contribution in [0.3, 0.4) is 0 Å². The first kappa shape index (κ1) is 19.6. The van der Waals surface area contributed by atoms with E-state index in [4.69, 9.17) is 25.6 Å². The van der Waals surface area contributed by atoms with E-state index in [-0.39, 0.29) is 11.4 Å². The summed E-state index contributed by atoms with van der Waals surface area (Å²) in [7, 11) is 3.15. The molecule has 0 bridgehead atoms. The van der Waals surface area contributed by atoms with Gasteiger partial charge in [0, 0.05) is 25.8 Å². The highest BCUT2D eigenvalue weighted by atomic mass is 35.5. The molecule has 152 valence electrons. The summed E-state index contributed by atoms with van der Waals surface area (Å²) in [6.45, 7) is 4.37. The summed E-state index contributed by atoms with van der Waals surface area (Å²) in [5, 5.41) is 4.52. The molecule has 0 aliphatic rings. The third-order valence-corrected chi connectivity index (χ3v) is 5.13. The van der Waals surface area contributed by atoms with Crippen LogP contribution < -0.4 is 5.56 Å². The topological polar surface area (TPSA) is 96.7 Å². The van der Waals surface area contributed by atoms with Gasteiger partial charge in [-0.2, -0.15) is 4.98 Å². The van der Waals surface area contributed by atoms with Gasteiger partial charge in [-0.1, -0.05) is 16.8 Å². The van der Waals surface area contributed by atoms with Crippen LogP contribution in [0.15, 0.2) is 33.8 Å². The van der Waals surface area contributed by atoms with Gasteiger partial charge in [0.1, 0.15) is 17.4 Å². The SMILES string of the molecule is COCCn1c(=O)c2c(-c3nc(C(C)(C)OC)no3)ncn2c2ccc(Cl)cc21. The Hall–Kier alpha value is -2.75. The van der Waals surface area contributed by atoms with Gasteiger partial charge in [0.2, 0.25) is 5.82 Å². The fourth-order valence-electron chi connectivity index (χ4n) is 3.11. The van der Waals surface area contributed by atoms with E-state index in [9.17, 15) is 4.79 Å². The van der Waals surface area contributed by atoms with E-state index in [1.54, 1.807) is 41.6 Å². The molecular formula is C19H20ClN5O4. The normalized spacial score (nSPS) is 12.3.